The summed E-state index contributed by atoms with van der Waals surface area (Å²) < 4.78 is 0. The molecule has 0 aromatic carbocycles. The van der Waals surface area contributed by atoms with E-state index < -0.39 is 5.60 Å². The molecule has 0 amide bonds. The summed E-state index contributed by atoms with van der Waals surface area (Å²) in [4.78, 5) is 0. The summed E-state index contributed by atoms with van der Waals surface area (Å²) in [7, 11) is 0. The van der Waals surface area contributed by atoms with Crippen LogP contribution in [0.3, 0.4) is 0 Å². The molecule has 0 bridgehead atoms. The lowest BCUT2D eigenvalue weighted by Crippen LogP contribution is -2.56. The molecule has 4 fully saturated rings. The summed E-state index contributed by atoms with van der Waals surface area (Å²) in [5.41, 5.74) is 0.578. The van der Waals surface area contributed by atoms with Gasteiger partial charge in [-0.05, 0) is 129 Å². The van der Waals surface area contributed by atoms with E-state index in [4.69, 9.17) is 5.11 Å². The van der Waals surface area contributed by atoms with Crippen molar-refractivity contribution in [3.8, 4) is 0 Å². The predicted octanol–water partition coefficient (Wildman–Crippen LogP) is 8.00. The second kappa shape index (κ2) is 10.1. The van der Waals surface area contributed by atoms with Crippen molar-refractivity contribution in [1.29, 1.82) is 0 Å². The van der Waals surface area contributed by atoms with E-state index in [1.165, 1.54) is 64.2 Å². The second-order valence-corrected chi connectivity index (χ2v) is 14.3. The fraction of sp³-hybridized carbons (Fsp3) is 1.00. The standard InChI is InChI=1S/C31H56O2/c1-22(2)9-8-10-23(3)26-13-14-27-25-12-11-24-21-31(33,16-6-7-20-32)19-18-29(24,4)28(25)15-17-30(26,27)5/h22-28,32-33H,6-21H2,1-5H3/t23-,24?,25?,26-,27?,28?,29+,30-,31?/m1/s1. The topological polar surface area (TPSA) is 40.5 Å². The van der Waals surface area contributed by atoms with Crippen LogP contribution in [0, 0.1) is 52.3 Å². The summed E-state index contributed by atoms with van der Waals surface area (Å²) in [6, 6.07) is 0. The molecule has 33 heavy (non-hydrogen) atoms. The first-order chi connectivity index (χ1) is 15.6. The van der Waals surface area contributed by atoms with Gasteiger partial charge in [-0.25, -0.2) is 0 Å². The number of unbranched alkanes of at least 4 members (excludes halogenated alkanes) is 1. The monoisotopic (exact) mass is 460 g/mol. The zero-order valence-electron chi connectivity index (χ0n) is 22.7. The van der Waals surface area contributed by atoms with E-state index >= 15 is 0 Å². The molecule has 4 aliphatic carbocycles. The van der Waals surface area contributed by atoms with Crippen LogP contribution in [0.15, 0.2) is 0 Å². The Balaban J connectivity index is 1.41. The van der Waals surface area contributed by atoms with Crippen molar-refractivity contribution in [2.24, 2.45) is 52.3 Å². The van der Waals surface area contributed by atoms with Crippen LogP contribution in [-0.2, 0) is 0 Å². The Hall–Kier alpha value is -0.0800. The minimum absolute atomic E-state index is 0.262. The number of fused-ring (bicyclic) bond motifs is 5. The average Bonchev–Trinajstić information content (AvgIpc) is 3.11. The highest BCUT2D eigenvalue weighted by atomic mass is 16.3. The van der Waals surface area contributed by atoms with E-state index in [1.807, 2.05) is 0 Å². The molecule has 4 saturated carbocycles. The summed E-state index contributed by atoms with van der Waals surface area (Å²) in [5.74, 6) is 6.19. The summed E-state index contributed by atoms with van der Waals surface area (Å²) in [6.45, 7) is 12.9. The molecule has 0 aromatic rings. The molecule has 0 spiro atoms. The van der Waals surface area contributed by atoms with Crippen LogP contribution in [-0.4, -0.2) is 22.4 Å². The fourth-order valence-electron chi connectivity index (χ4n) is 10.1. The van der Waals surface area contributed by atoms with Gasteiger partial charge >= 0.3 is 0 Å². The van der Waals surface area contributed by atoms with Gasteiger partial charge in [0.05, 0.1) is 5.60 Å². The number of aliphatic hydroxyl groups excluding tert-OH is 1. The average molecular weight is 461 g/mol. The number of rotatable bonds is 9. The Labute approximate surface area is 205 Å². The van der Waals surface area contributed by atoms with E-state index in [2.05, 4.69) is 34.6 Å². The van der Waals surface area contributed by atoms with Gasteiger partial charge in [-0.3, -0.25) is 0 Å². The van der Waals surface area contributed by atoms with Crippen LogP contribution in [0.4, 0.5) is 0 Å². The number of aliphatic hydroxyl groups is 2. The molecule has 4 aliphatic rings. The lowest BCUT2D eigenvalue weighted by atomic mass is 9.43. The van der Waals surface area contributed by atoms with E-state index in [0.717, 1.165) is 67.6 Å². The Morgan fingerprint density at radius 3 is 2.27 bits per heavy atom. The molecular weight excluding hydrogens is 404 g/mol. The van der Waals surface area contributed by atoms with Crippen molar-refractivity contribution in [1.82, 2.24) is 0 Å². The zero-order valence-corrected chi connectivity index (χ0v) is 22.7. The van der Waals surface area contributed by atoms with Gasteiger partial charge in [-0.15, -0.1) is 0 Å². The number of hydrogen-bond donors (Lipinski definition) is 2. The Bertz CT molecular complexity index is 645. The highest BCUT2D eigenvalue weighted by molar-refractivity contribution is 5.11. The van der Waals surface area contributed by atoms with E-state index in [9.17, 15) is 5.11 Å². The maximum absolute atomic E-state index is 11.4. The van der Waals surface area contributed by atoms with Crippen LogP contribution in [0.1, 0.15) is 131 Å². The van der Waals surface area contributed by atoms with Gasteiger partial charge in [0, 0.05) is 6.61 Å². The summed E-state index contributed by atoms with van der Waals surface area (Å²) >= 11 is 0. The molecule has 192 valence electrons. The van der Waals surface area contributed by atoms with Crippen LogP contribution >= 0.6 is 0 Å². The van der Waals surface area contributed by atoms with Crippen molar-refractivity contribution in [2.75, 3.05) is 6.61 Å². The quantitative estimate of drug-likeness (QED) is 0.342. The lowest BCUT2D eigenvalue weighted by molar-refractivity contribution is -0.154. The van der Waals surface area contributed by atoms with Crippen molar-refractivity contribution in [3.63, 3.8) is 0 Å². The molecule has 0 heterocycles. The highest BCUT2D eigenvalue weighted by Crippen LogP contribution is 2.69. The molecule has 0 aliphatic heterocycles. The molecular formula is C31H56O2. The van der Waals surface area contributed by atoms with Gasteiger partial charge in [-0.2, -0.15) is 0 Å². The summed E-state index contributed by atoms with van der Waals surface area (Å²) in [5, 5.41) is 20.5. The third-order valence-corrected chi connectivity index (χ3v) is 12.1. The largest absolute Gasteiger partial charge is 0.396 e. The lowest BCUT2D eigenvalue weighted by Gasteiger charge is -2.62. The highest BCUT2D eigenvalue weighted by Gasteiger charge is 2.61. The summed E-state index contributed by atoms with van der Waals surface area (Å²) in [6.07, 6.45) is 18.9. The first-order valence-electron chi connectivity index (χ1n) is 15.0. The third kappa shape index (κ3) is 4.96. The molecule has 2 nitrogen and oxygen atoms in total. The Morgan fingerprint density at radius 2 is 1.55 bits per heavy atom. The van der Waals surface area contributed by atoms with Gasteiger partial charge in [-0.1, -0.05) is 53.9 Å². The first kappa shape index (κ1) is 26.0. The van der Waals surface area contributed by atoms with Gasteiger partial charge in [0.1, 0.15) is 0 Å². The van der Waals surface area contributed by atoms with Gasteiger partial charge in [0.15, 0.2) is 0 Å². The van der Waals surface area contributed by atoms with E-state index in [-0.39, 0.29) is 6.61 Å². The zero-order chi connectivity index (χ0) is 23.9. The van der Waals surface area contributed by atoms with Crippen molar-refractivity contribution < 1.29 is 10.2 Å². The first-order valence-corrected chi connectivity index (χ1v) is 15.0. The maximum atomic E-state index is 11.4. The van der Waals surface area contributed by atoms with Gasteiger partial charge in [0.2, 0.25) is 0 Å². The molecule has 0 radical (unpaired) electrons. The Morgan fingerprint density at radius 1 is 0.788 bits per heavy atom. The van der Waals surface area contributed by atoms with Crippen molar-refractivity contribution >= 4 is 0 Å². The van der Waals surface area contributed by atoms with Crippen molar-refractivity contribution in [3.05, 3.63) is 0 Å². The van der Waals surface area contributed by atoms with E-state index in [1.54, 1.807) is 0 Å². The number of hydrogen-bond acceptors (Lipinski definition) is 2. The molecule has 4 rings (SSSR count). The predicted molar refractivity (Wildman–Crippen MR) is 139 cm³/mol. The molecule has 2 heteroatoms. The minimum atomic E-state index is -0.459. The van der Waals surface area contributed by atoms with Crippen LogP contribution in [0.5, 0.6) is 0 Å². The Kier molecular flexibility index (Phi) is 7.97. The van der Waals surface area contributed by atoms with Crippen LogP contribution in [0.25, 0.3) is 0 Å². The van der Waals surface area contributed by atoms with E-state index in [0.29, 0.717) is 16.7 Å². The molecule has 0 aromatic heterocycles. The minimum Gasteiger partial charge on any atom is -0.396 e. The third-order valence-electron chi connectivity index (χ3n) is 12.1. The van der Waals surface area contributed by atoms with Crippen LogP contribution in [0.2, 0.25) is 0 Å². The fourth-order valence-corrected chi connectivity index (χ4v) is 10.1. The molecule has 5 unspecified atom stereocenters. The van der Waals surface area contributed by atoms with Crippen LogP contribution < -0.4 is 0 Å². The van der Waals surface area contributed by atoms with Gasteiger partial charge < -0.3 is 10.2 Å². The van der Waals surface area contributed by atoms with Crippen molar-refractivity contribution in [2.45, 2.75) is 137 Å². The second-order valence-electron chi connectivity index (χ2n) is 14.3. The SMILES string of the molecule is CC(C)CCC[C@@H](C)[C@H]1CCC2C3CCC4CC(O)(CCCCO)CC[C@]4(C)C3CC[C@@]21C. The maximum Gasteiger partial charge on any atom is 0.0650 e. The molecule has 2 N–H and O–H groups in total. The normalized spacial score (nSPS) is 46.0. The van der Waals surface area contributed by atoms with Gasteiger partial charge in [0.25, 0.3) is 0 Å². The molecule has 0 saturated heterocycles. The molecule has 9 atom stereocenters. The smallest absolute Gasteiger partial charge is 0.0650 e.